The van der Waals surface area contributed by atoms with E-state index in [4.69, 9.17) is 0 Å². The Balaban J connectivity index is 1.78. The molecule has 5 heteroatoms. The predicted octanol–water partition coefficient (Wildman–Crippen LogP) is 3.60. The lowest BCUT2D eigenvalue weighted by Crippen LogP contribution is -2.19. The number of rotatable bonds is 5. The molecule has 0 bridgehead atoms. The van der Waals surface area contributed by atoms with Gasteiger partial charge in [0, 0.05) is 11.3 Å². The maximum Gasteiger partial charge on any atom is 0.229 e. The highest BCUT2D eigenvalue weighted by atomic mass is 32.1. The first-order valence-corrected chi connectivity index (χ1v) is 8.18. The number of anilines is 1. The monoisotopic (exact) mass is 301 g/mol. The summed E-state index contributed by atoms with van der Waals surface area (Å²) >= 11 is 1.50. The molecule has 1 aromatic carbocycles. The number of hydrogen-bond acceptors (Lipinski definition) is 4. The summed E-state index contributed by atoms with van der Waals surface area (Å²) in [5.74, 6) is 0.0196. The average molecular weight is 301 g/mol. The zero-order valence-electron chi connectivity index (χ0n) is 12.3. The van der Waals surface area contributed by atoms with Crippen molar-refractivity contribution in [2.24, 2.45) is 5.92 Å². The highest BCUT2D eigenvalue weighted by molar-refractivity contribution is 7.15. The van der Waals surface area contributed by atoms with Crippen LogP contribution in [0.4, 0.5) is 5.13 Å². The van der Waals surface area contributed by atoms with E-state index >= 15 is 0 Å². The zero-order valence-corrected chi connectivity index (χ0v) is 13.1. The van der Waals surface area contributed by atoms with Crippen LogP contribution in [0.3, 0.4) is 0 Å². The molecule has 110 valence electrons. The van der Waals surface area contributed by atoms with Gasteiger partial charge in [-0.1, -0.05) is 55.5 Å². The first kappa shape index (κ1) is 14.2. The van der Waals surface area contributed by atoms with Crippen molar-refractivity contribution in [1.29, 1.82) is 0 Å². The standard InChI is InChI=1S/C16H19N3OS/c1-3-11(2)13(20)17-15-19-18-14(21-15)16(9-10-16)12-7-5-4-6-8-12/h4-8,11H,3,9-10H2,1-2H3,(H,17,19,20)/t11-/m0/s1. The number of carbonyl (C=O) groups is 1. The molecule has 0 aliphatic heterocycles. The summed E-state index contributed by atoms with van der Waals surface area (Å²) in [5.41, 5.74) is 1.32. The van der Waals surface area contributed by atoms with Crippen LogP contribution in [0.5, 0.6) is 0 Å². The molecule has 0 spiro atoms. The minimum atomic E-state index is 0.00126. The first-order chi connectivity index (χ1) is 10.2. The number of amides is 1. The Morgan fingerprint density at radius 3 is 2.67 bits per heavy atom. The molecule has 1 aromatic heterocycles. The van der Waals surface area contributed by atoms with Gasteiger partial charge in [0.2, 0.25) is 11.0 Å². The maximum absolute atomic E-state index is 11.9. The highest BCUT2D eigenvalue weighted by Crippen LogP contribution is 2.54. The van der Waals surface area contributed by atoms with E-state index in [2.05, 4.69) is 39.8 Å². The average Bonchev–Trinajstić information content (AvgIpc) is 3.21. The van der Waals surface area contributed by atoms with Crippen molar-refractivity contribution in [3.05, 3.63) is 40.9 Å². The van der Waals surface area contributed by atoms with Crippen LogP contribution in [-0.4, -0.2) is 16.1 Å². The van der Waals surface area contributed by atoms with Crippen LogP contribution in [-0.2, 0) is 10.2 Å². The summed E-state index contributed by atoms with van der Waals surface area (Å²) in [6, 6.07) is 10.4. The quantitative estimate of drug-likeness (QED) is 0.918. The molecule has 1 saturated carbocycles. The van der Waals surface area contributed by atoms with Crippen molar-refractivity contribution >= 4 is 22.4 Å². The Bertz CT molecular complexity index is 634. The molecule has 1 amide bonds. The van der Waals surface area contributed by atoms with Crippen molar-refractivity contribution in [1.82, 2.24) is 10.2 Å². The third-order valence-electron chi connectivity index (χ3n) is 4.20. The third-order valence-corrected chi connectivity index (χ3v) is 5.24. The second kappa shape index (κ2) is 5.56. The Labute approximate surface area is 128 Å². The van der Waals surface area contributed by atoms with Gasteiger partial charge in [0.15, 0.2) is 0 Å². The van der Waals surface area contributed by atoms with Crippen molar-refractivity contribution in [2.75, 3.05) is 5.32 Å². The molecular formula is C16H19N3OS. The summed E-state index contributed by atoms with van der Waals surface area (Å²) < 4.78 is 0. The van der Waals surface area contributed by atoms with Gasteiger partial charge in [-0.15, -0.1) is 10.2 Å². The van der Waals surface area contributed by atoms with Gasteiger partial charge < -0.3 is 5.32 Å². The highest BCUT2D eigenvalue weighted by Gasteiger charge is 2.48. The number of benzene rings is 1. The Morgan fingerprint density at radius 1 is 1.33 bits per heavy atom. The predicted molar refractivity (Wildman–Crippen MR) is 84.4 cm³/mol. The van der Waals surface area contributed by atoms with E-state index in [-0.39, 0.29) is 17.2 Å². The molecular weight excluding hydrogens is 282 g/mol. The van der Waals surface area contributed by atoms with Gasteiger partial charge in [-0.3, -0.25) is 4.79 Å². The summed E-state index contributed by atoms with van der Waals surface area (Å²) in [7, 11) is 0. The Morgan fingerprint density at radius 2 is 2.05 bits per heavy atom. The van der Waals surface area contributed by atoms with Gasteiger partial charge >= 0.3 is 0 Å². The lowest BCUT2D eigenvalue weighted by molar-refractivity contribution is -0.119. The minimum Gasteiger partial charge on any atom is -0.300 e. The van der Waals surface area contributed by atoms with Gasteiger partial charge in [0.05, 0.1) is 0 Å². The molecule has 1 fully saturated rings. The summed E-state index contributed by atoms with van der Waals surface area (Å²) in [4.78, 5) is 11.9. The van der Waals surface area contributed by atoms with Gasteiger partial charge in [-0.25, -0.2) is 0 Å². The Hall–Kier alpha value is -1.75. The van der Waals surface area contributed by atoms with Crippen molar-refractivity contribution in [2.45, 2.75) is 38.5 Å². The number of nitrogens with one attached hydrogen (secondary N) is 1. The first-order valence-electron chi connectivity index (χ1n) is 7.36. The fourth-order valence-electron chi connectivity index (χ4n) is 2.39. The summed E-state index contributed by atoms with van der Waals surface area (Å²) in [6.07, 6.45) is 3.03. The van der Waals surface area contributed by atoms with Crippen molar-refractivity contribution in [3.8, 4) is 0 Å². The molecule has 1 aliphatic carbocycles. The molecule has 2 aromatic rings. The number of aromatic nitrogens is 2. The largest absolute Gasteiger partial charge is 0.300 e. The molecule has 4 nitrogen and oxygen atoms in total. The number of nitrogens with zero attached hydrogens (tertiary/aromatic N) is 2. The van der Waals surface area contributed by atoms with Crippen LogP contribution in [0.1, 0.15) is 43.7 Å². The lowest BCUT2D eigenvalue weighted by atomic mass is 9.97. The Kier molecular flexibility index (Phi) is 3.76. The van der Waals surface area contributed by atoms with Crippen LogP contribution < -0.4 is 5.32 Å². The minimum absolute atomic E-state index is 0.00126. The van der Waals surface area contributed by atoms with E-state index in [1.54, 1.807) is 0 Å². The van der Waals surface area contributed by atoms with E-state index in [0.717, 1.165) is 24.3 Å². The smallest absolute Gasteiger partial charge is 0.229 e. The molecule has 0 radical (unpaired) electrons. The van der Waals surface area contributed by atoms with Crippen LogP contribution in [0.25, 0.3) is 0 Å². The molecule has 1 N–H and O–H groups in total. The van der Waals surface area contributed by atoms with E-state index in [0.29, 0.717) is 5.13 Å². The molecule has 1 atom stereocenters. The fourth-order valence-corrected chi connectivity index (χ4v) is 3.40. The van der Waals surface area contributed by atoms with Crippen LogP contribution in [0.2, 0.25) is 0 Å². The van der Waals surface area contributed by atoms with Crippen LogP contribution in [0.15, 0.2) is 30.3 Å². The van der Waals surface area contributed by atoms with Gasteiger partial charge in [0.1, 0.15) is 5.01 Å². The number of carbonyl (C=O) groups excluding carboxylic acids is 1. The van der Waals surface area contributed by atoms with E-state index in [1.807, 2.05) is 19.9 Å². The molecule has 0 saturated heterocycles. The summed E-state index contributed by atoms with van der Waals surface area (Å²) in [6.45, 7) is 3.92. The third kappa shape index (κ3) is 2.70. The topological polar surface area (TPSA) is 54.9 Å². The molecule has 1 aliphatic rings. The van der Waals surface area contributed by atoms with Crippen molar-refractivity contribution < 1.29 is 4.79 Å². The van der Waals surface area contributed by atoms with Crippen molar-refractivity contribution in [3.63, 3.8) is 0 Å². The van der Waals surface area contributed by atoms with Gasteiger partial charge in [0.25, 0.3) is 0 Å². The van der Waals surface area contributed by atoms with Crippen LogP contribution >= 0.6 is 11.3 Å². The fraction of sp³-hybridized carbons (Fsp3) is 0.438. The van der Waals surface area contributed by atoms with E-state index in [9.17, 15) is 4.79 Å². The van der Waals surface area contributed by atoms with Gasteiger partial charge in [-0.05, 0) is 24.8 Å². The zero-order chi connectivity index (χ0) is 14.9. The molecule has 3 rings (SSSR count). The normalized spacial score (nSPS) is 17.2. The van der Waals surface area contributed by atoms with E-state index < -0.39 is 0 Å². The maximum atomic E-state index is 11.9. The van der Waals surface area contributed by atoms with Gasteiger partial charge in [-0.2, -0.15) is 0 Å². The SMILES string of the molecule is CC[C@H](C)C(=O)Nc1nnc(C2(c3ccccc3)CC2)s1. The number of hydrogen-bond donors (Lipinski definition) is 1. The van der Waals surface area contributed by atoms with Crippen LogP contribution in [0, 0.1) is 5.92 Å². The molecule has 21 heavy (non-hydrogen) atoms. The second-order valence-corrected chi connectivity index (χ2v) is 6.64. The lowest BCUT2D eigenvalue weighted by Gasteiger charge is -2.11. The van der Waals surface area contributed by atoms with E-state index in [1.165, 1.54) is 16.9 Å². The molecule has 1 heterocycles. The second-order valence-electron chi connectivity index (χ2n) is 5.66. The molecule has 0 unspecified atom stereocenters. The summed E-state index contributed by atoms with van der Waals surface area (Å²) in [5, 5.41) is 12.9.